The molecule has 2 aromatic rings. The normalized spacial score (nSPS) is 21.9. The molecule has 1 aliphatic heterocycles. The van der Waals surface area contributed by atoms with E-state index >= 15 is 0 Å². The molecule has 2 aliphatic rings. The van der Waals surface area contributed by atoms with Crippen LogP contribution in [0.2, 0.25) is 0 Å². The lowest BCUT2D eigenvalue weighted by molar-refractivity contribution is 0.0832. The van der Waals surface area contributed by atoms with E-state index < -0.39 is 0 Å². The van der Waals surface area contributed by atoms with Crippen molar-refractivity contribution in [2.24, 2.45) is 0 Å². The molecule has 1 heterocycles. The van der Waals surface area contributed by atoms with Crippen LogP contribution in [-0.2, 0) is 6.42 Å². The number of nitriles is 1. The number of aliphatic hydroxyl groups excluding tert-OH is 1. The first-order valence-electron chi connectivity index (χ1n) is 9.66. The van der Waals surface area contributed by atoms with Gasteiger partial charge in [0, 0.05) is 44.8 Å². The van der Waals surface area contributed by atoms with Gasteiger partial charge in [-0.05, 0) is 34.2 Å². The molecule has 1 atom stereocenters. The molecule has 0 radical (unpaired) electrons. The van der Waals surface area contributed by atoms with Crippen LogP contribution in [0.5, 0.6) is 0 Å². The lowest BCUT2D eigenvalue weighted by atomic mass is 9.93. The summed E-state index contributed by atoms with van der Waals surface area (Å²) in [7, 11) is 0. The van der Waals surface area contributed by atoms with Crippen LogP contribution in [0.25, 0.3) is 5.57 Å². The van der Waals surface area contributed by atoms with Gasteiger partial charge in [0.1, 0.15) is 0 Å². The molecule has 0 aromatic heterocycles. The molecular formula is C23H25N3O. The maximum atomic E-state index is 9.39. The summed E-state index contributed by atoms with van der Waals surface area (Å²) in [6, 6.07) is 19.6. The monoisotopic (exact) mass is 359 g/mol. The molecule has 0 bridgehead atoms. The van der Waals surface area contributed by atoms with Crippen LogP contribution in [0.1, 0.15) is 28.3 Å². The Morgan fingerprint density at radius 2 is 1.70 bits per heavy atom. The predicted molar refractivity (Wildman–Crippen MR) is 107 cm³/mol. The van der Waals surface area contributed by atoms with Crippen molar-refractivity contribution in [1.29, 1.82) is 5.26 Å². The highest BCUT2D eigenvalue weighted by Crippen LogP contribution is 2.40. The largest absolute Gasteiger partial charge is 0.395 e. The number of β-amino-alcohol motifs (C(OH)–C–C–N with tert-alkyl or cyclic N) is 1. The van der Waals surface area contributed by atoms with Gasteiger partial charge in [-0.25, -0.2) is 0 Å². The van der Waals surface area contributed by atoms with Gasteiger partial charge in [0.15, 0.2) is 0 Å². The van der Waals surface area contributed by atoms with Crippen LogP contribution >= 0.6 is 0 Å². The van der Waals surface area contributed by atoms with Crippen molar-refractivity contribution >= 4 is 5.57 Å². The predicted octanol–water partition coefficient (Wildman–Crippen LogP) is 2.85. The fourth-order valence-corrected chi connectivity index (χ4v) is 4.44. The van der Waals surface area contributed by atoms with Crippen molar-refractivity contribution < 1.29 is 5.11 Å². The Labute approximate surface area is 161 Å². The molecule has 1 unspecified atom stereocenters. The second-order valence-electron chi connectivity index (χ2n) is 7.25. The van der Waals surface area contributed by atoms with E-state index in [0.717, 1.165) is 44.7 Å². The molecule has 1 N–H and O–H groups in total. The first-order valence-corrected chi connectivity index (χ1v) is 9.66. The van der Waals surface area contributed by atoms with Gasteiger partial charge in [0.25, 0.3) is 0 Å². The Morgan fingerprint density at radius 1 is 1.00 bits per heavy atom. The maximum absolute atomic E-state index is 9.39. The number of hydrogen-bond acceptors (Lipinski definition) is 4. The molecule has 138 valence electrons. The number of benzene rings is 2. The number of fused-ring (bicyclic) bond motifs is 2. The lowest BCUT2D eigenvalue weighted by Crippen LogP contribution is -2.48. The van der Waals surface area contributed by atoms with Crippen LogP contribution in [0.4, 0.5) is 0 Å². The molecule has 4 rings (SSSR count). The Morgan fingerprint density at radius 3 is 2.44 bits per heavy atom. The van der Waals surface area contributed by atoms with E-state index in [0.29, 0.717) is 6.04 Å². The fourth-order valence-electron chi connectivity index (χ4n) is 4.44. The number of nitrogens with zero attached hydrogens (tertiary/aromatic N) is 3. The van der Waals surface area contributed by atoms with E-state index in [-0.39, 0.29) is 6.61 Å². The maximum Gasteiger partial charge on any atom is 0.0918 e. The number of aliphatic hydroxyl groups is 1. The number of hydrogen-bond donors (Lipinski definition) is 1. The van der Waals surface area contributed by atoms with Crippen molar-refractivity contribution in [3.8, 4) is 6.07 Å². The van der Waals surface area contributed by atoms with Crippen molar-refractivity contribution in [2.45, 2.75) is 12.5 Å². The van der Waals surface area contributed by atoms with Crippen molar-refractivity contribution in [1.82, 2.24) is 9.80 Å². The van der Waals surface area contributed by atoms with Gasteiger partial charge in [-0.2, -0.15) is 5.26 Å². The van der Waals surface area contributed by atoms with Gasteiger partial charge in [-0.15, -0.1) is 0 Å². The minimum atomic E-state index is 0.224. The summed E-state index contributed by atoms with van der Waals surface area (Å²) >= 11 is 0. The van der Waals surface area contributed by atoms with Crippen molar-refractivity contribution in [2.75, 3.05) is 39.3 Å². The van der Waals surface area contributed by atoms with Gasteiger partial charge in [-0.1, -0.05) is 48.5 Å². The molecule has 27 heavy (non-hydrogen) atoms. The minimum Gasteiger partial charge on any atom is -0.395 e. The van der Waals surface area contributed by atoms with Gasteiger partial charge < -0.3 is 5.11 Å². The summed E-state index contributed by atoms with van der Waals surface area (Å²) in [4.78, 5) is 4.90. The second-order valence-corrected chi connectivity index (χ2v) is 7.25. The third-order valence-corrected chi connectivity index (χ3v) is 5.80. The third-order valence-electron chi connectivity index (χ3n) is 5.80. The van der Waals surface area contributed by atoms with E-state index in [1.165, 1.54) is 22.3 Å². The zero-order valence-electron chi connectivity index (χ0n) is 15.5. The molecule has 1 aliphatic carbocycles. The van der Waals surface area contributed by atoms with Crippen LogP contribution in [0, 0.1) is 11.3 Å². The highest BCUT2D eigenvalue weighted by Gasteiger charge is 2.30. The van der Waals surface area contributed by atoms with Gasteiger partial charge in [0.05, 0.1) is 12.7 Å². The van der Waals surface area contributed by atoms with Gasteiger partial charge in [0.2, 0.25) is 0 Å². The molecule has 4 nitrogen and oxygen atoms in total. The van der Waals surface area contributed by atoms with E-state index in [9.17, 15) is 10.4 Å². The summed E-state index contributed by atoms with van der Waals surface area (Å²) in [6.07, 6.45) is 2.65. The smallest absolute Gasteiger partial charge is 0.0918 e. The quantitative estimate of drug-likeness (QED) is 0.856. The average Bonchev–Trinajstić information content (AvgIpc) is 2.85. The second kappa shape index (κ2) is 8.06. The van der Waals surface area contributed by atoms with Crippen molar-refractivity contribution in [3.05, 3.63) is 76.9 Å². The van der Waals surface area contributed by atoms with Crippen LogP contribution in [-0.4, -0.2) is 54.2 Å². The third kappa shape index (κ3) is 3.54. The molecule has 1 saturated heterocycles. The Kier molecular flexibility index (Phi) is 5.35. The lowest BCUT2D eigenvalue weighted by Gasteiger charge is -2.39. The first kappa shape index (κ1) is 17.9. The zero-order chi connectivity index (χ0) is 18.6. The highest BCUT2D eigenvalue weighted by molar-refractivity contribution is 5.85. The molecule has 0 spiro atoms. The summed E-state index contributed by atoms with van der Waals surface area (Å²) in [5, 5.41) is 18.6. The summed E-state index contributed by atoms with van der Waals surface area (Å²) < 4.78 is 0. The standard InChI is InChI=1S/C23H25N3O/c24-10-9-21-19-6-2-1-5-18(19)17-23(22-8-4-3-7-20(21)22)26-13-11-25(12-14-26)15-16-27/h1-9,23,27H,11-17H2. The summed E-state index contributed by atoms with van der Waals surface area (Å²) in [5.41, 5.74) is 5.99. The summed E-state index contributed by atoms with van der Waals surface area (Å²) in [5.74, 6) is 0. The van der Waals surface area contributed by atoms with Gasteiger partial charge in [-0.3, -0.25) is 9.80 Å². The Balaban J connectivity index is 1.74. The molecule has 4 heteroatoms. The van der Waals surface area contributed by atoms with E-state index in [4.69, 9.17) is 0 Å². The van der Waals surface area contributed by atoms with Crippen LogP contribution in [0.3, 0.4) is 0 Å². The minimum absolute atomic E-state index is 0.224. The number of allylic oxidation sites excluding steroid dienone is 1. The Bertz CT molecular complexity index is 875. The zero-order valence-corrected chi connectivity index (χ0v) is 15.5. The first-order chi connectivity index (χ1) is 13.3. The topological polar surface area (TPSA) is 50.5 Å². The number of rotatable bonds is 3. The van der Waals surface area contributed by atoms with Crippen molar-refractivity contribution in [3.63, 3.8) is 0 Å². The molecule has 2 aromatic carbocycles. The molecule has 0 amide bonds. The average molecular weight is 359 g/mol. The van der Waals surface area contributed by atoms with E-state index in [2.05, 4.69) is 64.4 Å². The molecule has 1 fully saturated rings. The molecular weight excluding hydrogens is 334 g/mol. The van der Waals surface area contributed by atoms with Gasteiger partial charge >= 0.3 is 0 Å². The SMILES string of the molecule is N#CC=C1c2ccccc2CC(N2CCN(CCO)CC2)c2ccccc21. The van der Waals surface area contributed by atoms with Crippen LogP contribution < -0.4 is 0 Å². The van der Waals surface area contributed by atoms with E-state index in [1.54, 1.807) is 6.08 Å². The summed E-state index contributed by atoms with van der Waals surface area (Å²) in [6.45, 7) is 4.95. The van der Waals surface area contributed by atoms with Crippen LogP contribution in [0.15, 0.2) is 54.6 Å². The van der Waals surface area contributed by atoms with E-state index in [1.807, 2.05) is 0 Å². The highest BCUT2D eigenvalue weighted by atomic mass is 16.3. The Hall–Kier alpha value is -2.45. The fraction of sp³-hybridized carbons (Fsp3) is 0.348. The number of piperazine rings is 1. The molecule has 0 saturated carbocycles.